The van der Waals surface area contributed by atoms with Crippen molar-refractivity contribution in [1.82, 2.24) is 9.88 Å². The molecule has 4 rings (SSSR count). The van der Waals surface area contributed by atoms with Crippen LogP contribution in [0.4, 0.5) is 4.79 Å². The van der Waals surface area contributed by atoms with Gasteiger partial charge in [-0.15, -0.1) is 0 Å². The molecule has 3 aromatic rings. The standard InChI is InChI=1S/C21H20N4O3S/c1-25-19(23-24-21(25)26)18(29)16-9-5-6-10-17(16)27-12-11-15-13-28-20(22-15)14-7-3-2-4-8-14/h2-10,13,18-19,29H,11-12H2,1H3. The summed E-state index contributed by atoms with van der Waals surface area (Å²) in [6.07, 6.45) is 1.79. The Kier molecular flexibility index (Phi) is 5.62. The van der Waals surface area contributed by atoms with E-state index in [0.717, 1.165) is 16.8 Å². The minimum Gasteiger partial charge on any atom is -0.493 e. The summed E-state index contributed by atoms with van der Waals surface area (Å²) < 4.78 is 11.6. The summed E-state index contributed by atoms with van der Waals surface area (Å²) in [6.45, 7) is 0.430. The molecule has 29 heavy (non-hydrogen) atoms. The van der Waals surface area contributed by atoms with Gasteiger partial charge in [-0.1, -0.05) is 41.5 Å². The minimum absolute atomic E-state index is 0.344. The summed E-state index contributed by atoms with van der Waals surface area (Å²) in [4.78, 5) is 17.6. The number of aromatic nitrogens is 1. The van der Waals surface area contributed by atoms with Gasteiger partial charge >= 0.3 is 6.03 Å². The van der Waals surface area contributed by atoms with Crippen LogP contribution in [0.1, 0.15) is 16.5 Å². The van der Waals surface area contributed by atoms with E-state index in [4.69, 9.17) is 9.15 Å². The Balaban J connectivity index is 1.40. The summed E-state index contributed by atoms with van der Waals surface area (Å²) in [5.74, 6) is 1.29. The number of amides is 2. The lowest BCUT2D eigenvalue weighted by atomic mass is 10.1. The topological polar surface area (TPSA) is 80.3 Å². The molecule has 2 amide bonds. The fourth-order valence-corrected chi connectivity index (χ4v) is 3.54. The molecule has 2 unspecified atom stereocenters. The highest BCUT2D eigenvalue weighted by molar-refractivity contribution is 7.80. The SMILES string of the molecule is CN1C(=O)N=NC1C(S)c1ccccc1OCCc1coc(-c2ccccc2)n1. The third-order valence-corrected chi connectivity index (χ3v) is 5.21. The van der Waals surface area contributed by atoms with Gasteiger partial charge in [0.1, 0.15) is 12.0 Å². The lowest BCUT2D eigenvalue weighted by Gasteiger charge is -2.23. The van der Waals surface area contributed by atoms with E-state index in [-0.39, 0.29) is 11.3 Å². The van der Waals surface area contributed by atoms with Crippen LogP contribution in [-0.4, -0.2) is 35.7 Å². The summed E-state index contributed by atoms with van der Waals surface area (Å²) in [5, 5.41) is 7.28. The summed E-state index contributed by atoms with van der Waals surface area (Å²) in [6, 6.07) is 17.0. The molecular weight excluding hydrogens is 388 g/mol. The van der Waals surface area contributed by atoms with Crippen molar-refractivity contribution in [3.05, 3.63) is 72.1 Å². The van der Waals surface area contributed by atoms with Gasteiger partial charge in [-0.25, -0.2) is 9.78 Å². The number of rotatable bonds is 7. The van der Waals surface area contributed by atoms with Crippen molar-refractivity contribution in [3.63, 3.8) is 0 Å². The second kappa shape index (κ2) is 8.48. The van der Waals surface area contributed by atoms with Gasteiger partial charge in [0.15, 0.2) is 6.17 Å². The lowest BCUT2D eigenvalue weighted by Crippen LogP contribution is -2.32. The number of azo groups is 1. The average Bonchev–Trinajstić information content (AvgIpc) is 3.36. The van der Waals surface area contributed by atoms with Crippen LogP contribution >= 0.6 is 12.6 Å². The van der Waals surface area contributed by atoms with E-state index >= 15 is 0 Å². The Bertz CT molecular complexity index is 1020. The number of benzene rings is 2. The van der Waals surface area contributed by atoms with Crippen LogP contribution in [-0.2, 0) is 6.42 Å². The van der Waals surface area contributed by atoms with E-state index in [1.165, 1.54) is 4.90 Å². The number of hydrogen-bond donors (Lipinski definition) is 1. The first kappa shape index (κ1) is 19.2. The molecular formula is C21H20N4O3S. The molecule has 8 heteroatoms. The molecule has 1 aromatic heterocycles. The Labute approximate surface area is 173 Å². The maximum Gasteiger partial charge on any atom is 0.363 e. The number of para-hydroxylation sites is 1. The van der Waals surface area contributed by atoms with Gasteiger partial charge < -0.3 is 9.15 Å². The van der Waals surface area contributed by atoms with Crippen LogP contribution in [0.2, 0.25) is 0 Å². The highest BCUT2D eigenvalue weighted by Crippen LogP contribution is 2.36. The third kappa shape index (κ3) is 4.17. The molecule has 2 heterocycles. The maximum absolute atomic E-state index is 11.6. The number of carbonyl (C=O) groups excluding carboxylic acids is 1. The fourth-order valence-electron chi connectivity index (χ4n) is 3.06. The second-order valence-electron chi connectivity index (χ2n) is 6.61. The lowest BCUT2D eigenvalue weighted by molar-refractivity contribution is 0.213. The molecule has 1 aliphatic heterocycles. The van der Waals surface area contributed by atoms with E-state index in [2.05, 4.69) is 27.8 Å². The van der Waals surface area contributed by atoms with Crippen molar-refractivity contribution in [1.29, 1.82) is 0 Å². The Morgan fingerprint density at radius 1 is 1.17 bits per heavy atom. The van der Waals surface area contributed by atoms with Gasteiger partial charge in [-0.3, -0.25) is 4.90 Å². The Hall–Kier alpha value is -3.13. The first-order valence-electron chi connectivity index (χ1n) is 9.21. The number of likely N-dealkylation sites (N-methyl/N-ethyl adjacent to an activating group) is 1. The predicted molar refractivity (Wildman–Crippen MR) is 111 cm³/mol. The zero-order chi connectivity index (χ0) is 20.2. The van der Waals surface area contributed by atoms with E-state index in [0.29, 0.717) is 24.7 Å². The van der Waals surface area contributed by atoms with Crippen molar-refractivity contribution in [2.45, 2.75) is 17.8 Å². The van der Waals surface area contributed by atoms with Gasteiger partial charge in [0.25, 0.3) is 0 Å². The fraction of sp³-hybridized carbons (Fsp3) is 0.238. The summed E-state index contributed by atoms with van der Waals surface area (Å²) in [5.41, 5.74) is 2.61. The molecule has 2 aromatic carbocycles. The quantitative estimate of drug-likeness (QED) is 0.571. The van der Waals surface area contributed by atoms with E-state index in [1.54, 1.807) is 13.3 Å². The number of thiol groups is 1. The molecule has 0 fully saturated rings. The van der Waals surface area contributed by atoms with Crippen molar-refractivity contribution >= 4 is 18.7 Å². The van der Waals surface area contributed by atoms with Crippen LogP contribution in [0.3, 0.4) is 0 Å². The van der Waals surface area contributed by atoms with Crippen LogP contribution in [0.5, 0.6) is 5.75 Å². The first-order valence-corrected chi connectivity index (χ1v) is 9.72. The van der Waals surface area contributed by atoms with Crippen LogP contribution in [0.15, 0.2) is 75.5 Å². The molecule has 0 N–H and O–H groups in total. The second-order valence-corrected chi connectivity index (χ2v) is 7.17. The number of ether oxygens (including phenoxy) is 1. The molecule has 0 spiro atoms. The zero-order valence-electron chi connectivity index (χ0n) is 15.8. The van der Waals surface area contributed by atoms with Crippen molar-refractivity contribution in [2.75, 3.05) is 13.7 Å². The average molecular weight is 408 g/mol. The van der Waals surface area contributed by atoms with E-state index < -0.39 is 6.17 Å². The third-order valence-electron chi connectivity index (χ3n) is 4.67. The molecule has 148 valence electrons. The number of hydrogen-bond acceptors (Lipinski definition) is 6. The van der Waals surface area contributed by atoms with Crippen molar-refractivity contribution < 1.29 is 13.9 Å². The van der Waals surface area contributed by atoms with Gasteiger partial charge in [0, 0.05) is 24.6 Å². The van der Waals surface area contributed by atoms with E-state index in [9.17, 15) is 4.79 Å². The van der Waals surface area contributed by atoms with Gasteiger partial charge in [0.05, 0.1) is 17.6 Å². The van der Waals surface area contributed by atoms with Gasteiger partial charge in [0.2, 0.25) is 5.89 Å². The van der Waals surface area contributed by atoms with Crippen LogP contribution in [0.25, 0.3) is 11.5 Å². The smallest absolute Gasteiger partial charge is 0.363 e. The number of carbonyl (C=O) groups is 1. The zero-order valence-corrected chi connectivity index (χ0v) is 16.7. The van der Waals surface area contributed by atoms with Crippen molar-refractivity contribution in [3.8, 4) is 17.2 Å². The van der Waals surface area contributed by atoms with E-state index in [1.807, 2.05) is 54.6 Å². The molecule has 2 atom stereocenters. The number of urea groups is 1. The highest BCUT2D eigenvalue weighted by Gasteiger charge is 2.33. The molecule has 0 radical (unpaired) electrons. The van der Waals surface area contributed by atoms with Crippen molar-refractivity contribution in [2.24, 2.45) is 10.2 Å². The Morgan fingerprint density at radius 2 is 1.93 bits per heavy atom. The molecule has 0 saturated carbocycles. The molecule has 0 aliphatic carbocycles. The highest BCUT2D eigenvalue weighted by atomic mass is 32.1. The van der Waals surface area contributed by atoms with Crippen LogP contribution < -0.4 is 4.74 Å². The summed E-state index contributed by atoms with van der Waals surface area (Å²) in [7, 11) is 1.66. The largest absolute Gasteiger partial charge is 0.493 e. The summed E-state index contributed by atoms with van der Waals surface area (Å²) >= 11 is 4.67. The van der Waals surface area contributed by atoms with Gasteiger partial charge in [-0.2, -0.15) is 17.7 Å². The minimum atomic E-state index is -0.459. The number of nitrogens with zero attached hydrogens (tertiary/aromatic N) is 4. The molecule has 0 saturated heterocycles. The predicted octanol–water partition coefficient (Wildman–Crippen LogP) is 4.78. The maximum atomic E-state index is 11.6. The first-order chi connectivity index (χ1) is 14.1. The molecule has 1 aliphatic rings. The molecule has 7 nitrogen and oxygen atoms in total. The van der Waals surface area contributed by atoms with Crippen LogP contribution in [0, 0.1) is 0 Å². The monoisotopic (exact) mass is 408 g/mol. The molecule has 0 bridgehead atoms. The Morgan fingerprint density at radius 3 is 2.69 bits per heavy atom. The van der Waals surface area contributed by atoms with Gasteiger partial charge in [-0.05, 0) is 18.2 Å². The normalized spacial score (nSPS) is 17.0. The number of oxazole rings is 1.